The number of carbonyl (C=O) groups is 3. The van der Waals surface area contributed by atoms with E-state index < -0.39 is 0 Å². The van der Waals surface area contributed by atoms with Gasteiger partial charge in [-0.3, -0.25) is 25.2 Å². The van der Waals surface area contributed by atoms with Crippen LogP contribution in [0.3, 0.4) is 0 Å². The first-order valence-corrected chi connectivity index (χ1v) is 11.4. The fraction of sp³-hybridized carbons (Fsp3) is 0.435. The Morgan fingerprint density at radius 3 is 2.67 bits per heavy atom. The first-order chi connectivity index (χ1) is 14.5. The molecule has 1 saturated heterocycles. The Kier molecular flexibility index (Phi) is 6.18. The standard InChI is InChI=1S/C23H27N3O3S/c1-2-15-7-10-19-17(12-15)14-20(30-19)23(29)25-24-21(27)13-16-5-8-18(9-6-16)26-11-3-4-22(26)28/h5-6,8-9,14-15H,2-4,7,10-13H2,1H3,(H,24,27)(H,25,29)/t15-/m0/s1. The van der Waals surface area contributed by atoms with Gasteiger partial charge >= 0.3 is 0 Å². The summed E-state index contributed by atoms with van der Waals surface area (Å²) in [6.45, 7) is 2.96. The average molecular weight is 426 g/mol. The van der Waals surface area contributed by atoms with Crippen molar-refractivity contribution in [1.82, 2.24) is 10.9 Å². The van der Waals surface area contributed by atoms with Crippen LogP contribution >= 0.6 is 11.3 Å². The van der Waals surface area contributed by atoms with Gasteiger partial charge in [-0.15, -0.1) is 11.3 Å². The summed E-state index contributed by atoms with van der Waals surface area (Å²) in [5, 5.41) is 0. The van der Waals surface area contributed by atoms with Crippen molar-refractivity contribution >= 4 is 34.7 Å². The van der Waals surface area contributed by atoms with Crippen LogP contribution in [0.15, 0.2) is 30.3 Å². The number of hydrogen-bond donors (Lipinski definition) is 2. The summed E-state index contributed by atoms with van der Waals surface area (Å²) in [6.07, 6.45) is 6.08. The minimum Gasteiger partial charge on any atom is -0.312 e. The van der Waals surface area contributed by atoms with E-state index in [-0.39, 0.29) is 24.1 Å². The van der Waals surface area contributed by atoms with Crippen LogP contribution in [0.1, 0.15) is 58.3 Å². The Morgan fingerprint density at radius 1 is 1.17 bits per heavy atom. The van der Waals surface area contributed by atoms with Crippen molar-refractivity contribution in [2.45, 2.75) is 51.9 Å². The van der Waals surface area contributed by atoms with Gasteiger partial charge in [-0.25, -0.2) is 0 Å². The molecule has 1 aliphatic heterocycles. The largest absolute Gasteiger partial charge is 0.312 e. The Balaban J connectivity index is 1.28. The Bertz CT molecular complexity index is 951. The second kappa shape index (κ2) is 9.00. The number of carbonyl (C=O) groups excluding carboxylic acids is 3. The molecular weight excluding hydrogens is 398 g/mol. The smallest absolute Gasteiger partial charge is 0.279 e. The van der Waals surface area contributed by atoms with Crippen LogP contribution in [0.25, 0.3) is 0 Å². The lowest BCUT2D eigenvalue weighted by atomic mass is 9.87. The lowest BCUT2D eigenvalue weighted by Gasteiger charge is -2.19. The van der Waals surface area contributed by atoms with Crippen LogP contribution in [0.5, 0.6) is 0 Å². The number of hydrazine groups is 1. The highest BCUT2D eigenvalue weighted by atomic mass is 32.1. The molecule has 2 heterocycles. The second-order valence-electron chi connectivity index (χ2n) is 8.07. The lowest BCUT2D eigenvalue weighted by molar-refractivity contribution is -0.121. The van der Waals surface area contributed by atoms with Crippen LogP contribution in [0, 0.1) is 5.92 Å². The molecule has 30 heavy (non-hydrogen) atoms. The maximum absolute atomic E-state index is 12.4. The monoisotopic (exact) mass is 425 g/mol. The van der Waals surface area contributed by atoms with Gasteiger partial charge in [0.15, 0.2) is 0 Å². The third kappa shape index (κ3) is 4.56. The normalized spacial score (nSPS) is 18.2. The fourth-order valence-corrected chi connectivity index (χ4v) is 5.30. The third-order valence-corrected chi connectivity index (χ3v) is 7.22. The number of thiophene rings is 1. The molecule has 3 amide bonds. The average Bonchev–Trinajstić information content (AvgIpc) is 3.38. The molecule has 1 atom stereocenters. The second-order valence-corrected chi connectivity index (χ2v) is 9.21. The van der Waals surface area contributed by atoms with Crippen LogP contribution in [0.2, 0.25) is 0 Å². The molecule has 2 N–H and O–H groups in total. The van der Waals surface area contributed by atoms with Gasteiger partial charge in [-0.2, -0.15) is 0 Å². The zero-order chi connectivity index (χ0) is 21.1. The fourth-order valence-electron chi connectivity index (χ4n) is 4.19. The molecule has 7 heteroatoms. The van der Waals surface area contributed by atoms with E-state index in [2.05, 4.69) is 17.8 Å². The molecule has 0 radical (unpaired) electrons. The number of aryl methyl sites for hydroxylation is 1. The van der Waals surface area contributed by atoms with E-state index in [0.29, 0.717) is 17.2 Å². The molecule has 158 valence electrons. The SMILES string of the molecule is CC[C@H]1CCc2sc(C(=O)NNC(=O)Cc3ccc(N4CCCC4=O)cc3)cc2C1. The van der Waals surface area contributed by atoms with E-state index in [1.54, 1.807) is 4.90 Å². The molecule has 4 rings (SSSR count). The van der Waals surface area contributed by atoms with Crippen molar-refractivity contribution in [3.63, 3.8) is 0 Å². The van der Waals surface area contributed by atoms with E-state index in [9.17, 15) is 14.4 Å². The van der Waals surface area contributed by atoms with Crippen molar-refractivity contribution in [2.24, 2.45) is 5.92 Å². The minimum absolute atomic E-state index is 0.142. The highest BCUT2D eigenvalue weighted by molar-refractivity contribution is 7.14. The summed E-state index contributed by atoms with van der Waals surface area (Å²) < 4.78 is 0. The van der Waals surface area contributed by atoms with Crippen LogP contribution in [-0.2, 0) is 28.9 Å². The van der Waals surface area contributed by atoms with Crippen molar-refractivity contribution < 1.29 is 14.4 Å². The quantitative estimate of drug-likeness (QED) is 0.721. The molecule has 0 unspecified atom stereocenters. The molecule has 0 bridgehead atoms. The third-order valence-electron chi connectivity index (χ3n) is 5.99. The molecule has 2 aliphatic rings. The summed E-state index contributed by atoms with van der Waals surface area (Å²) in [4.78, 5) is 40.2. The number of hydrogen-bond acceptors (Lipinski definition) is 4. The Morgan fingerprint density at radius 2 is 1.97 bits per heavy atom. The van der Waals surface area contributed by atoms with Crippen molar-refractivity contribution in [1.29, 1.82) is 0 Å². The number of fused-ring (bicyclic) bond motifs is 1. The highest BCUT2D eigenvalue weighted by Gasteiger charge is 2.23. The van der Waals surface area contributed by atoms with Gasteiger partial charge in [0.1, 0.15) is 0 Å². The predicted octanol–water partition coefficient (Wildman–Crippen LogP) is 3.39. The van der Waals surface area contributed by atoms with Crippen LogP contribution < -0.4 is 15.8 Å². The number of nitrogens with one attached hydrogen (secondary N) is 2. The van der Waals surface area contributed by atoms with Crippen LogP contribution in [-0.4, -0.2) is 24.3 Å². The van der Waals surface area contributed by atoms with Crippen LogP contribution in [0.4, 0.5) is 5.69 Å². The Hall–Kier alpha value is -2.67. The molecular formula is C23H27N3O3S. The Labute approximate surface area is 180 Å². The van der Waals surface area contributed by atoms with Crippen molar-refractivity contribution in [3.05, 3.63) is 51.2 Å². The zero-order valence-corrected chi connectivity index (χ0v) is 18.0. The molecule has 0 saturated carbocycles. The molecule has 1 aliphatic carbocycles. The van der Waals surface area contributed by atoms with Gasteiger partial charge < -0.3 is 4.90 Å². The topological polar surface area (TPSA) is 78.5 Å². The summed E-state index contributed by atoms with van der Waals surface area (Å²) in [5.41, 5.74) is 8.02. The number of nitrogens with zero attached hydrogens (tertiary/aromatic N) is 1. The number of rotatable bonds is 5. The molecule has 1 aromatic heterocycles. The number of benzene rings is 1. The van der Waals surface area contributed by atoms with Gasteiger partial charge in [-0.05, 0) is 60.9 Å². The van der Waals surface area contributed by atoms with E-state index in [0.717, 1.165) is 37.1 Å². The number of anilines is 1. The predicted molar refractivity (Wildman–Crippen MR) is 117 cm³/mol. The van der Waals surface area contributed by atoms with Crippen molar-refractivity contribution in [2.75, 3.05) is 11.4 Å². The van der Waals surface area contributed by atoms with Gasteiger partial charge in [-0.1, -0.05) is 25.5 Å². The first kappa shape index (κ1) is 20.6. The zero-order valence-electron chi connectivity index (χ0n) is 17.2. The van der Waals surface area contributed by atoms with Gasteiger partial charge in [0.2, 0.25) is 11.8 Å². The van der Waals surface area contributed by atoms with Gasteiger partial charge in [0, 0.05) is 23.5 Å². The maximum Gasteiger partial charge on any atom is 0.279 e. The van der Waals surface area contributed by atoms with Crippen molar-refractivity contribution in [3.8, 4) is 0 Å². The molecule has 1 fully saturated rings. The maximum atomic E-state index is 12.4. The molecule has 1 aromatic carbocycles. The highest BCUT2D eigenvalue weighted by Crippen LogP contribution is 2.33. The van der Waals surface area contributed by atoms with E-state index in [1.807, 2.05) is 30.3 Å². The number of amides is 3. The summed E-state index contributed by atoms with van der Waals surface area (Å²) >= 11 is 1.53. The van der Waals surface area contributed by atoms with Gasteiger partial charge in [0.05, 0.1) is 11.3 Å². The van der Waals surface area contributed by atoms with E-state index in [1.165, 1.54) is 34.6 Å². The molecule has 2 aromatic rings. The van der Waals surface area contributed by atoms with E-state index in [4.69, 9.17) is 0 Å². The van der Waals surface area contributed by atoms with E-state index >= 15 is 0 Å². The summed E-state index contributed by atoms with van der Waals surface area (Å²) in [5.74, 6) is 0.306. The molecule has 0 spiro atoms. The summed E-state index contributed by atoms with van der Waals surface area (Å²) in [6, 6.07) is 9.40. The minimum atomic E-state index is -0.277. The van der Waals surface area contributed by atoms with Gasteiger partial charge in [0.25, 0.3) is 5.91 Å². The first-order valence-electron chi connectivity index (χ1n) is 10.6. The molecule has 6 nitrogen and oxygen atoms in total. The lowest BCUT2D eigenvalue weighted by Crippen LogP contribution is -2.42. The summed E-state index contributed by atoms with van der Waals surface area (Å²) in [7, 11) is 0.